The van der Waals surface area contributed by atoms with Crippen molar-refractivity contribution in [1.82, 2.24) is 24.3 Å². The maximum Gasteiger partial charge on any atom is 0.339 e. The molecule has 2 amide bonds. The van der Waals surface area contributed by atoms with Gasteiger partial charge in [-0.1, -0.05) is 6.07 Å². The molecule has 0 radical (unpaired) electrons. The Morgan fingerprint density at radius 1 is 1.00 bits per heavy atom. The number of likely N-dealkylation sites (N-methyl/N-ethyl adjacent to an activating group) is 1. The summed E-state index contributed by atoms with van der Waals surface area (Å²) in [6.07, 6.45) is 0.933. The van der Waals surface area contributed by atoms with E-state index in [-0.39, 0.29) is 42.0 Å². The van der Waals surface area contributed by atoms with Gasteiger partial charge >= 0.3 is 12.0 Å². The number of esters is 1. The van der Waals surface area contributed by atoms with Crippen molar-refractivity contribution in [3.05, 3.63) is 35.4 Å². The Bertz CT molecular complexity index is 1330. The SMILES string of the molecule is COc1cc(OC)nc(NC(=O)NS(=O)(=O)c2cc(CNS(C)(=O)=O)ccc2C(=O)OCCN(C)C)n1. The Morgan fingerprint density at radius 2 is 1.62 bits per heavy atom. The van der Waals surface area contributed by atoms with E-state index in [2.05, 4.69) is 20.0 Å². The molecule has 0 aliphatic heterocycles. The molecule has 1 aromatic carbocycles. The number of urea groups is 1. The first kappa shape index (κ1) is 29.7. The number of nitrogens with zero attached hydrogens (tertiary/aromatic N) is 3. The van der Waals surface area contributed by atoms with Crippen molar-refractivity contribution in [2.24, 2.45) is 0 Å². The Kier molecular flexibility index (Phi) is 10.1. The van der Waals surface area contributed by atoms with Crippen molar-refractivity contribution < 1.29 is 40.6 Å². The number of carbonyl (C=O) groups is 2. The lowest BCUT2D eigenvalue weighted by Gasteiger charge is -2.15. The highest BCUT2D eigenvalue weighted by atomic mass is 32.2. The van der Waals surface area contributed by atoms with E-state index in [9.17, 15) is 26.4 Å². The molecule has 0 aliphatic carbocycles. The molecule has 37 heavy (non-hydrogen) atoms. The van der Waals surface area contributed by atoms with E-state index in [1.807, 2.05) is 0 Å². The molecule has 0 unspecified atom stereocenters. The molecule has 0 saturated carbocycles. The molecule has 0 fully saturated rings. The molecular weight excluding hydrogens is 532 g/mol. The summed E-state index contributed by atoms with van der Waals surface area (Å²) >= 11 is 0. The highest BCUT2D eigenvalue weighted by Crippen LogP contribution is 2.21. The van der Waals surface area contributed by atoms with Crippen LogP contribution in [0.2, 0.25) is 0 Å². The van der Waals surface area contributed by atoms with Gasteiger partial charge in [-0.2, -0.15) is 9.97 Å². The molecule has 0 aliphatic rings. The van der Waals surface area contributed by atoms with Crippen molar-refractivity contribution in [1.29, 1.82) is 0 Å². The van der Waals surface area contributed by atoms with Crippen molar-refractivity contribution in [3.8, 4) is 11.8 Å². The number of benzene rings is 1. The van der Waals surface area contributed by atoms with E-state index in [1.165, 1.54) is 32.4 Å². The van der Waals surface area contributed by atoms with Crippen LogP contribution in [0.3, 0.4) is 0 Å². The van der Waals surface area contributed by atoms with Gasteiger partial charge in [-0.25, -0.2) is 35.9 Å². The minimum absolute atomic E-state index is 0.0222. The summed E-state index contributed by atoms with van der Waals surface area (Å²) in [6, 6.07) is 3.67. The van der Waals surface area contributed by atoms with E-state index < -0.39 is 36.9 Å². The van der Waals surface area contributed by atoms with Gasteiger partial charge in [-0.05, 0) is 31.8 Å². The molecule has 0 atom stereocenters. The third-order valence-electron chi connectivity index (χ3n) is 4.42. The van der Waals surface area contributed by atoms with E-state index in [4.69, 9.17) is 14.2 Å². The number of ether oxygens (including phenoxy) is 3. The van der Waals surface area contributed by atoms with E-state index in [1.54, 1.807) is 23.7 Å². The smallest absolute Gasteiger partial charge is 0.339 e. The van der Waals surface area contributed by atoms with Gasteiger partial charge in [0.2, 0.25) is 27.7 Å². The molecule has 204 valence electrons. The fourth-order valence-corrected chi connectivity index (χ4v) is 4.24. The number of nitrogens with one attached hydrogen (secondary N) is 3. The lowest BCUT2D eigenvalue weighted by Crippen LogP contribution is -2.36. The van der Waals surface area contributed by atoms with E-state index in [0.29, 0.717) is 6.54 Å². The molecule has 0 saturated heterocycles. The van der Waals surface area contributed by atoms with Crippen LogP contribution in [-0.2, 0) is 31.3 Å². The lowest BCUT2D eigenvalue weighted by molar-refractivity contribution is 0.0477. The third kappa shape index (κ3) is 9.45. The van der Waals surface area contributed by atoms with Crippen LogP contribution in [0.15, 0.2) is 29.2 Å². The monoisotopic (exact) mass is 560 g/mol. The van der Waals surface area contributed by atoms with Crippen LogP contribution in [-0.4, -0.2) is 91.4 Å². The topological polar surface area (TPSA) is 195 Å². The maximum absolute atomic E-state index is 13.1. The number of hydrogen-bond donors (Lipinski definition) is 3. The average Bonchev–Trinajstić information content (AvgIpc) is 2.81. The third-order valence-corrected chi connectivity index (χ3v) is 6.46. The summed E-state index contributed by atoms with van der Waals surface area (Å²) in [7, 11) is -2.10. The van der Waals surface area contributed by atoms with Gasteiger partial charge in [0, 0.05) is 13.1 Å². The molecule has 1 aromatic heterocycles. The first-order valence-electron chi connectivity index (χ1n) is 10.4. The molecule has 3 N–H and O–H groups in total. The Balaban J connectivity index is 2.36. The number of sulfonamides is 2. The number of carbonyl (C=O) groups excluding carboxylic acids is 2. The average molecular weight is 561 g/mol. The van der Waals surface area contributed by atoms with Gasteiger partial charge in [0.05, 0.1) is 32.1 Å². The van der Waals surface area contributed by atoms with Crippen LogP contribution < -0.4 is 24.2 Å². The van der Waals surface area contributed by atoms with E-state index in [0.717, 1.165) is 12.3 Å². The number of aromatic nitrogens is 2. The van der Waals surface area contributed by atoms with Gasteiger partial charge in [0.1, 0.15) is 11.5 Å². The summed E-state index contributed by atoms with van der Waals surface area (Å²) in [6.45, 7) is 0.0986. The highest BCUT2D eigenvalue weighted by Gasteiger charge is 2.27. The maximum atomic E-state index is 13.1. The summed E-state index contributed by atoms with van der Waals surface area (Å²) in [5.74, 6) is -1.19. The van der Waals surface area contributed by atoms with Crippen LogP contribution in [0.1, 0.15) is 15.9 Å². The van der Waals surface area contributed by atoms with Crippen LogP contribution in [0.25, 0.3) is 0 Å². The molecule has 2 aromatic rings. The molecule has 2 rings (SSSR count). The molecule has 0 spiro atoms. The molecule has 1 heterocycles. The second-order valence-corrected chi connectivity index (χ2v) is 11.2. The summed E-state index contributed by atoms with van der Waals surface area (Å²) < 4.78 is 68.2. The zero-order chi connectivity index (χ0) is 27.8. The Morgan fingerprint density at radius 3 is 2.16 bits per heavy atom. The first-order chi connectivity index (χ1) is 17.2. The lowest BCUT2D eigenvalue weighted by atomic mass is 10.1. The molecule has 17 heteroatoms. The van der Waals surface area contributed by atoms with Crippen molar-refractivity contribution in [3.63, 3.8) is 0 Å². The Hall–Kier alpha value is -3.54. The van der Waals surface area contributed by atoms with Gasteiger partial charge in [-0.3, -0.25) is 5.32 Å². The predicted molar refractivity (Wildman–Crippen MR) is 131 cm³/mol. The van der Waals surface area contributed by atoms with Crippen molar-refractivity contribution >= 4 is 38.0 Å². The number of hydrogen-bond acceptors (Lipinski definition) is 12. The van der Waals surface area contributed by atoms with Crippen molar-refractivity contribution in [2.75, 3.05) is 53.0 Å². The minimum Gasteiger partial charge on any atom is -0.481 e. The highest BCUT2D eigenvalue weighted by molar-refractivity contribution is 7.90. The van der Waals surface area contributed by atoms with Gasteiger partial charge in [0.25, 0.3) is 10.0 Å². The van der Waals surface area contributed by atoms with Crippen molar-refractivity contribution in [2.45, 2.75) is 11.4 Å². The molecular formula is C20H28N6O9S2. The van der Waals surface area contributed by atoms with Gasteiger partial charge < -0.3 is 19.1 Å². The second kappa shape index (κ2) is 12.6. The minimum atomic E-state index is -4.67. The normalized spacial score (nSPS) is 11.6. The second-order valence-electron chi connectivity index (χ2n) is 7.70. The number of methoxy groups -OCH3 is 2. The van der Waals surface area contributed by atoms with Crippen LogP contribution in [0.4, 0.5) is 10.7 Å². The number of anilines is 1. The van der Waals surface area contributed by atoms with Crippen LogP contribution in [0.5, 0.6) is 11.8 Å². The zero-order valence-corrected chi connectivity index (χ0v) is 22.4. The molecule has 0 bridgehead atoms. The largest absolute Gasteiger partial charge is 0.481 e. The van der Waals surface area contributed by atoms with Gasteiger partial charge in [-0.15, -0.1) is 0 Å². The summed E-state index contributed by atoms with van der Waals surface area (Å²) in [5, 5.41) is 2.15. The quantitative estimate of drug-likeness (QED) is 0.289. The van der Waals surface area contributed by atoms with Crippen LogP contribution in [0, 0.1) is 0 Å². The predicted octanol–water partition coefficient (Wildman–Crippen LogP) is -0.228. The standard InChI is InChI=1S/C20H28N6O9S2/c1-26(2)8-9-35-18(27)14-7-6-13(12-21-36(5,29)30)10-15(14)37(31,32)25-20(28)24-19-22-16(33-3)11-17(23-19)34-4/h6-7,10-11,21H,8-9,12H2,1-5H3,(H2,22,23,24,25,28). The number of rotatable bonds is 12. The summed E-state index contributed by atoms with van der Waals surface area (Å²) in [5.41, 5.74) is -0.154. The molecule has 15 nitrogen and oxygen atoms in total. The van der Waals surface area contributed by atoms with Crippen LogP contribution >= 0.6 is 0 Å². The van der Waals surface area contributed by atoms with E-state index >= 15 is 0 Å². The van der Waals surface area contributed by atoms with Gasteiger partial charge in [0.15, 0.2) is 0 Å². The Labute approximate surface area is 214 Å². The first-order valence-corrected chi connectivity index (χ1v) is 13.8. The number of amides is 2. The summed E-state index contributed by atoms with van der Waals surface area (Å²) in [4.78, 5) is 34.0. The zero-order valence-electron chi connectivity index (χ0n) is 20.8. The fourth-order valence-electron chi connectivity index (χ4n) is 2.65. The fraction of sp³-hybridized carbons (Fsp3) is 0.400.